The quantitative estimate of drug-likeness (QED) is 0.710. The lowest BCUT2D eigenvalue weighted by molar-refractivity contribution is 0.0691. The maximum atomic E-state index is 10.5. The van der Waals surface area contributed by atoms with E-state index in [0.717, 1.165) is 0 Å². The minimum Gasteiger partial charge on any atom is -0.478 e. The number of carbonyl (C=O) groups is 1. The zero-order valence-electron chi connectivity index (χ0n) is 5.94. The van der Waals surface area contributed by atoms with E-state index < -0.39 is 12.1 Å². The third kappa shape index (κ3) is 1.58. The van der Waals surface area contributed by atoms with Gasteiger partial charge in [-0.05, 0) is 18.4 Å². The highest BCUT2D eigenvalue weighted by atomic mass is 32.1. The molecular weight excluding hydrogens is 164 g/mol. The number of aromatic carboxylic acids is 1. The highest BCUT2D eigenvalue weighted by Gasteiger charge is 2.14. The Morgan fingerprint density at radius 1 is 1.73 bits per heavy atom. The number of carboxylic acids is 1. The molecule has 0 radical (unpaired) electrons. The van der Waals surface area contributed by atoms with Crippen LogP contribution in [0.1, 0.15) is 28.3 Å². The summed E-state index contributed by atoms with van der Waals surface area (Å²) in [6.45, 7) is 1.55. The Balaban J connectivity index is 3.06. The standard InChI is InChI=1S/C7H8O3S/c1-4(8)6-5(7(9)10)2-3-11-6/h2-4,8H,1H3,(H,9,10)/t4-/m0/s1. The van der Waals surface area contributed by atoms with Crippen LogP contribution in [0, 0.1) is 0 Å². The zero-order chi connectivity index (χ0) is 8.43. The van der Waals surface area contributed by atoms with E-state index in [1.54, 1.807) is 12.3 Å². The number of hydrogen-bond donors (Lipinski definition) is 2. The summed E-state index contributed by atoms with van der Waals surface area (Å²) < 4.78 is 0. The van der Waals surface area contributed by atoms with Gasteiger partial charge in [0, 0.05) is 4.88 Å². The molecule has 0 bridgehead atoms. The second-order valence-electron chi connectivity index (χ2n) is 2.18. The summed E-state index contributed by atoms with van der Waals surface area (Å²) in [7, 11) is 0. The topological polar surface area (TPSA) is 57.5 Å². The van der Waals surface area contributed by atoms with Crippen molar-refractivity contribution < 1.29 is 15.0 Å². The molecule has 4 heteroatoms. The van der Waals surface area contributed by atoms with Crippen molar-refractivity contribution >= 4 is 17.3 Å². The molecule has 3 nitrogen and oxygen atoms in total. The van der Waals surface area contributed by atoms with Crippen LogP contribution in [0.2, 0.25) is 0 Å². The van der Waals surface area contributed by atoms with Crippen molar-refractivity contribution in [2.45, 2.75) is 13.0 Å². The first-order valence-electron chi connectivity index (χ1n) is 3.11. The molecule has 0 fully saturated rings. The van der Waals surface area contributed by atoms with E-state index in [1.165, 1.54) is 17.4 Å². The van der Waals surface area contributed by atoms with Crippen molar-refractivity contribution in [1.29, 1.82) is 0 Å². The summed E-state index contributed by atoms with van der Waals surface area (Å²) in [5.41, 5.74) is 0.199. The SMILES string of the molecule is C[C@H](O)c1sccc1C(=O)O. The Morgan fingerprint density at radius 2 is 2.36 bits per heavy atom. The lowest BCUT2D eigenvalue weighted by atomic mass is 10.2. The molecule has 2 N–H and O–H groups in total. The average molecular weight is 172 g/mol. The number of aliphatic hydroxyl groups is 1. The molecule has 0 unspecified atom stereocenters. The van der Waals surface area contributed by atoms with Crippen molar-refractivity contribution in [3.63, 3.8) is 0 Å². The van der Waals surface area contributed by atoms with Crippen LogP contribution in [0.15, 0.2) is 11.4 Å². The maximum absolute atomic E-state index is 10.5. The Hall–Kier alpha value is -0.870. The Kier molecular flexibility index (Phi) is 2.26. The fourth-order valence-corrected chi connectivity index (χ4v) is 1.65. The minimum atomic E-state index is -0.984. The summed E-state index contributed by atoms with van der Waals surface area (Å²) in [4.78, 5) is 11.0. The molecule has 0 aliphatic carbocycles. The Labute approximate surface area is 67.9 Å². The lowest BCUT2D eigenvalue weighted by Crippen LogP contribution is -2.00. The van der Waals surface area contributed by atoms with Crippen molar-refractivity contribution in [2.75, 3.05) is 0 Å². The van der Waals surface area contributed by atoms with E-state index in [0.29, 0.717) is 4.88 Å². The molecule has 0 amide bonds. The molecule has 0 aliphatic heterocycles. The molecule has 60 valence electrons. The highest BCUT2D eigenvalue weighted by molar-refractivity contribution is 7.10. The normalized spacial score (nSPS) is 12.9. The van der Waals surface area contributed by atoms with Crippen LogP contribution < -0.4 is 0 Å². The van der Waals surface area contributed by atoms with E-state index in [-0.39, 0.29) is 5.56 Å². The highest BCUT2D eigenvalue weighted by Crippen LogP contribution is 2.23. The Bertz CT molecular complexity index is 264. The molecule has 0 aromatic carbocycles. The van der Waals surface area contributed by atoms with Crippen LogP contribution in [-0.2, 0) is 0 Å². The molecule has 1 heterocycles. The summed E-state index contributed by atoms with van der Waals surface area (Å²) >= 11 is 1.26. The Morgan fingerprint density at radius 3 is 2.73 bits per heavy atom. The molecule has 0 spiro atoms. The van der Waals surface area contributed by atoms with Gasteiger partial charge in [-0.15, -0.1) is 11.3 Å². The average Bonchev–Trinajstić information content (AvgIpc) is 2.32. The van der Waals surface area contributed by atoms with Gasteiger partial charge in [-0.25, -0.2) is 4.79 Å². The van der Waals surface area contributed by atoms with Gasteiger partial charge in [0.15, 0.2) is 0 Å². The third-order valence-electron chi connectivity index (χ3n) is 1.31. The lowest BCUT2D eigenvalue weighted by Gasteiger charge is -2.00. The van der Waals surface area contributed by atoms with Gasteiger partial charge in [-0.1, -0.05) is 0 Å². The number of rotatable bonds is 2. The summed E-state index contributed by atoms with van der Waals surface area (Å²) in [5.74, 6) is -0.984. The molecule has 1 aromatic heterocycles. The first kappa shape index (κ1) is 8.23. The van der Waals surface area contributed by atoms with Crippen LogP contribution in [0.25, 0.3) is 0 Å². The second kappa shape index (κ2) is 3.02. The van der Waals surface area contributed by atoms with Gasteiger partial charge >= 0.3 is 5.97 Å². The summed E-state index contributed by atoms with van der Waals surface area (Å²) in [6.07, 6.45) is -0.693. The fourth-order valence-electron chi connectivity index (χ4n) is 0.821. The van der Waals surface area contributed by atoms with Gasteiger partial charge in [-0.2, -0.15) is 0 Å². The number of carboxylic acid groups (broad SMARTS) is 1. The first-order valence-corrected chi connectivity index (χ1v) is 3.99. The van der Waals surface area contributed by atoms with Crippen molar-refractivity contribution in [3.8, 4) is 0 Å². The maximum Gasteiger partial charge on any atom is 0.336 e. The minimum absolute atomic E-state index is 0.199. The van der Waals surface area contributed by atoms with Crippen LogP contribution >= 0.6 is 11.3 Å². The van der Waals surface area contributed by atoms with Gasteiger partial charge in [0.25, 0.3) is 0 Å². The molecule has 11 heavy (non-hydrogen) atoms. The zero-order valence-corrected chi connectivity index (χ0v) is 6.76. The van der Waals surface area contributed by atoms with E-state index in [2.05, 4.69) is 0 Å². The number of aliphatic hydroxyl groups excluding tert-OH is 1. The summed E-state index contributed by atoms with van der Waals surface area (Å²) in [6, 6.07) is 1.50. The van der Waals surface area contributed by atoms with Gasteiger partial charge in [-0.3, -0.25) is 0 Å². The van der Waals surface area contributed by atoms with E-state index >= 15 is 0 Å². The number of thiophene rings is 1. The molecular formula is C7H8O3S. The van der Waals surface area contributed by atoms with Crippen LogP contribution in [-0.4, -0.2) is 16.2 Å². The van der Waals surface area contributed by atoms with Crippen molar-refractivity contribution in [3.05, 3.63) is 21.9 Å². The fraction of sp³-hybridized carbons (Fsp3) is 0.286. The molecule has 0 aliphatic rings. The van der Waals surface area contributed by atoms with Crippen molar-refractivity contribution in [1.82, 2.24) is 0 Å². The van der Waals surface area contributed by atoms with Gasteiger partial charge in [0.2, 0.25) is 0 Å². The predicted octanol–water partition coefficient (Wildman–Crippen LogP) is 1.50. The predicted molar refractivity (Wildman–Crippen MR) is 41.9 cm³/mol. The largest absolute Gasteiger partial charge is 0.478 e. The molecule has 0 saturated heterocycles. The van der Waals surface area contributed by atoms with E-state index in [9.17, 15) is 4.79 Å². The van der Waals surface area contributed by atoms with E-state index in [1.807, 2.05) is 0 Å². The molecule has 0 saturated carbocycles. The van der Waals surface area contributed by atoms with Crippen molar-refractivity contribution in [2.24, 2.45) is 0 Å². The van der Waals surface area contributed by atoms with Crippen LogP contribution in [0.5, 0.6) is 0 Å². The molecule has 1 atom stereocenters. The van der Waals surface area contributed by atoms with Crippen LogP contribution in [0.3, 0.4) is 0 Å². The van der Waals surface area contributed by atoms with Crippen LogP contribution in [0.4, 0.5) is 0 Å². The van der Waals surface area contributed by atoms with Gasteiger partial charge < -0.3 is 10.2 Å². The van der Waals surface area contributed by atoms with E-state index in [4.69, 9.17) is 10.2 Å². The monoisotopic (exact) mass is 172 g/mol. The number of hydrogen-bond acceptors (Lipinski definition) is 3. The smallest absolute Gasteiger partial charge is 0.336 e. The first-order chi connectivity index (χ1) is 5.13. The third-order valence-corrected chi connectivity index (χ3v) is 2.39. The summed E-state index contributed by atoms with van der Waals surface area (Å²) in [5, 5.41) is 19.3. The molecule has 1 rings (SSSR count). The van der Waals surface area contributed by atoms with Gasteiger partial charge in [0.05, 0.1) is 11.7 Å². The van der Waals surface area contributed by atoms with Gasteiger partial charge in [0.1, 0.15) is 0 Å². The molecule has 1 aromatic rings. The second-order valence-corrected chi connectivity index (χ2v) is 3.13.